The third-order valence-corrected chi connectivity index (χ3v) is 5.75. The minimum absolute atomic E-state index is 0.821. The van der Waals surface area contributed by atoms with Crippen molar-refractivity contribution in [3.8, 4) is 11.5 Å². The predicted octanol–water partition coefficient (Wildman–Crippen LogP) is 7.95. The van der Waals surface area contributed by atoms with E-state index >= 15 is 0 Å². The lowest BCUT2D eigenvalue weighted by atomic mass is 10.1. The number of nitrogens with zero attached hydrogens (tertiary/aromatic N) is 2. The summed E-state index contributed by atoms with van der Waals surface area (Å²) in [5.74, 6) is 1.64. The molecule has 0 radical (unpaired) electrons. The molecule has 0 bridgehead atoms. The van der Waals surface area contributed by atoms with E-state index in [0.717, 1.165) is 22.6 Å². The zero-order valence-corrected chi connectivity index (χ0v) is 20.8. The lowest BCUT2D eigenvalue weighted by Crippen LogP contribution is -2.07. The number of ether oxygens (including phenoxy) is 1. The smallest absolute Gasteiger partial charge is 0.127 e. The molecule has 0 saturated carbocycles. The Morgan fingerprint density at radius 2 is 0.657 bits per heavy atom. The van der Waals surface area contributed by atoms with Gasteiger partial charge in [0.15, 0.2) is 0 Å². The minimum atomic E-state index is 0.821. The van der Waals surface area contributed by atoms with Gasteiger partial charge in [0, 0.05) is 39.6 Å². The second kappa shape index (κ2) is 11.3. The Labute approximate surface area is 209 Å². The minimum Gasteiger partial charge on any atom is -0.457 e. The molecule has 0 amide bonds. The number of rotatable bonds is 8. The Morgan fingerprint density at radius 1 is 0.400 bits per heavy atom. The second-order valence-electron chi connectivity index (χ2n) is 8.88. The molecule has 0 spiro atoms. The molecule has 0 aliphatic heterocycles. The van der Waals surface area contributed by atoms with Crippen molar-refractivity contribution in [3.63, 3.8) is 0 Å². The van der Waals surface area contributed by atoms with Crippen LogP contribution >= 0.6 is 0 Å². The molecule has 0 heterocycles. The summed E-state index contributed by atoms with van der Waals surface area (Å²) < 4.78 is 6.03. The second-order valence-corrected chi connectivity index (χ2v) is 8.88. The van der Waals surface area contributed by atoms with Crippen LogP contribution in [0.4, 0.5) is 11.4 Å². The molecule has 4 aromatic carbocycles. The highest BCUT2D eigenvalue weighted by atomic mass is 16.5. The van der Waals surface area contributed by atoms with Gasteiger partial charge in [-0.25, -0.2) is 0 Å². The summed E-state index contributed by atoms with van der Waals surface area (Å²) >= 11 is 0. The first-order valence-electron chi connectivity index (χ1n) is 11.8. The lowest BCUT2D eigenvalue weighted by Gasteiger charge is -2.11. The maximum atomic E-state index is 6.03. The molecule has 0 unspecified atom stereocenters. The molecule has 0 saturated heterocycles. The zero-order chi connectivity index (χ0) is 24.6. The molecule has 0 aliphatic rings. The number of hydrogen-bond donors (Lipinski definition) is 0. The van der Waals surface area contributed by atoms with Gasteiger partial charge in [-0.2, -0.15) is 0 Å². The van der Waals surface area contributed by atoms with Crippen LogP contribution in [0, 0.1) is 0 Å². The van der Waals surface area contributed by atoms with Crippen LogP contribution in [0.5, 0.6) is 11.5 Å². The first-order chi connectivity index (χ1) is 17.0. The highest BCUT2D eigenvalue weighted by Gasteiger charge is 1.99. The molecule has 0 aromatic heterocycles. The summed E-state index contributed by atoms with van der Waals surface area (Å²) in [6, 6.07) is 33.3. The molecule has 4 aromatic rings. The monoisotopic (exact) mass is 460 g/mol. The van der Waals surface area contributed by atoms with E-state index in [1.54, 1.807) is 0 Å². The molecular weight excluding hydrogens is 428 g/mol. The van der Waals surface area contributed by atoms with Gasteiger partial charge in [-0.3, -0.25) is 0 Å². The summed E-state index contributed by atoms with van der Waals surface area (Å²) in [6.45, 7) is 0. The van der Waals surface area contributed by atoms with Crippen molar-refractivity contribution in [2.75, 3.05) is 38.0 Å². The van der Waals surface area contributed by atoms with Gasteiger partial charge in [0.25, 0.3) is 0 Å². The van der Waals surface area contributed by atoms with E-state index in [9.17, 15) is 0 Å². The molecule has 176 valence electrons. The van der Waals surface area contributed by atoms with Crippen LogP contribution in [-0.2, 0) is 0 Å². The number of anilines is 2. The van der Waals surface area contributed by atoms with Crippen molar-refractivity contribution in [2.45, 2.75) is 0 Å². The molecular formula is C32H32N2O. The zero-order valence-electron chi connectivity index (χ0n) is 20.8. The van der Waals surface area contributed by atoms with Gasteiger partial charge in [-0.15, -0.1) is 0 Å². The maximum absolute atomic E-state index is 6.03. The number of hydrogen-bond acceptors (Lipinski definition) is 3. The van der Waals surface area contributed by atoms with E-state index < -0.39 is 0 Å². The largest absolute Gasteiger partial charge is 0.457 e. The molecule has 4 rings (SSSR count). The molecule has 3 nitrogen and oxygen atoms in total. The Balaban J connectivity index is 1.33. The first-order valence-corrected chi connectivity index (χ1v) is 11.8. The fourth-order valence-electron chi connectivity index (χ4n) is 3.58. The normalized spacial score (nSPS) is 11.2. The molecule has 0 fully saturated rings. The van der Waals surface area contributed by atoms with Crippen LogP contribution < -0.4 is 14.5 Å². The summed E-state index contributed by atoms with van der Waals surface area (Å²) in [4.78, 5) is 4.20. The fraction of sp³-hybridized carbons (Fsp3) is 0.125. The third-order valence-electron chi connectivity index (χ3n) is 5.75. The van der Waals surface area contributed by atoms with Gasteiger partial charge < -0.3 is 14.5 Å². The Bertz CT molecular complexity index is 1160. The van der Waals surface area contributed by atoms with Crippen LogP contribution in [0.15, 0.2) is 97.1 Å². The molecule has 35 heavy (non-hydrogen) atoms. The third kappa shape index (κ3) is 6.87. The average Bonchev–Trinajstić information content (AvgIpc) is 2.88. The van der Waals surface area contributed by atoms with Crippen molar-refractivity contribution in [3.05, 3.63) is 119 Å². The SMILES string of the molecule is CN(C)c1ccc(C=Cc2ccc(Oc3ccc(C=Cc4ccc(N(C)C)cc4)cc3)cc2)cc1. The fourth-order valence-corrected chi connectivity index (χ4v) is 3.58. The van der Waals surface area contributed by atoms with Gasteiger partial charge in [0.1, 0.15) is 11.5 Å². The first kappa shape index (κ1) is 23.9. The Hall–Kier alpha value is -4.24. The van der Waals surface area contributed by atoms with E-state index in [1.807, 2.05) is 52.5 Å². The van der Waals surface area contributed by atoms with E-state index in [4.69, 9.17) is 4.74 Å². The van der Waals surface area contributed by atoms with Gasteiger partial charge in [0.2, 0.25) is 0 Å². The summed E-state index contributed by atoms with van der Waals surface area (Å²) in [5, 5.41) is 0. The van der Waals surface area contributed by atoms with Crippen LogP contribution in [0.25, 0.3) is 24.3 Å². The predicted molar refractivity (Wildman–Crippen MR) is 152 cm³/mol. The molecule has 3 heteroatoms. The molecule has 0 atom stereocenters. The summed E-state index contributed by atoms with van der Waals surface area (Å²) in [7, 11) is 8.19. The standard InChI is InChI=1S/C32H32N2O/c1-33(2)29-17-9-25(10-18-29)5-7-27-13-21-31(22-14-27)35-32-23-15-28(16-24-32)8-6-26-11-19-30(20-12-26)34(3)4/h5-24H,1-4H3. The average molecular weight is 461 g/mol. The van der Waals surface area contributed by atoms with Gasteiger partial charge in [0.05, 0.1) is 0 Å². The van der Waals surface area contributed by atoms with Crippen LogP contribution in [0.1, 0.15) is 22.3 Å². The highest BCUT2D eigenvalue weighted by molar-refractivity contribution is 5.72. The van der Waals surface area contributed by atoms with Gasteiger partial charge in [-0.05, 0) is 70.8 Å². The van der Waals surface area contributed by atoms with E-state index in [0.29, 0.717) is 0 Å². The Kier molecular flexibility index (Phi) is 7.69. The van der Waals surface area contributed by atoms with Crippen molar-refractivity contribution in [1.29, 1.82) is 0 Å². The van der Waals surface area contributed by atoms with Gasteiger partial charge in [-0.1, -0.05) is 72.8 Å². The lowest BCUT2D eigenvalue weighted by molar-refractivity contribution is 0.482. The quantitative estimate of drug-likeness (QED) is 0.248. The van der Waals surface area contributed by atoms with E-state index in [2.05, 4.69) is 107 Å². The summed E-state index contributed by atoms with van der Waals surface area (Å²) in [5.41, 5.74) is 7.01. The maximum Gasteiger partial charge on any atom is 0.127 e. The van der Waals surface area contributed by atoms with Crippen LogP contribution in [0.3, 0.4) is 0 Å². The van der Waals surface area contributed by atoms with Crippen LogP contribution in [0.2, 0.25) is 0 Å². The Morgan fingerprint density at radius 3 is 0.914 bits per heavy atom. The highest BCUT2D eigenvalue weighted by Crippen LogP contribution is 2.24. The topological polar surface area (TPSA) is 15.7 Å². The van der Waals surface area contributed by atoms with E-state index in [-0.39, 0.29) is 0 Å². The molecule has 0 N–H and O–H groups in total. The van der Waals surface area contributed by atoms with Crippen molar-refractivity contribution in [1.82, 2.24) is 0 Å². The van der Waals surface area contributed by atoms with E-state index in [1.165, 1.54) is 22.5 Å². The molecule has 0 aliphatic carbocycles. The van der Waals surface area contributed by atoms with Crippen molar-refractivity contribution >= 4 is 35.7 Å². The van der Waals surface area contributed by atoms with Crippen molar-refractivity contribution < 1.29 is 4.74 Å². The summed E-state index contributed by atoms with van der Waals surface area (Å²) in [6.07, 6.45) is 8.48. The van der Waals surface area contributed by atoms with Crippen LogP contribution in [-0.4, -0.2) is 28.2 Å². The van der Waals surface area contributed by atoms with Gasteiger partial charge >= 0.3 is 0 Å². The van der Waals surface area contributed by atoms with Crippen molar-refractivity contribution in [2.24, 2.45) is 0 Å². The number of benzene rings is 4.